The van der Waals surface area contributed by atoms with Gasteiger partial charge in [0.1, 0.15) is 0 Å². The lowest BCUT2D eigenvalue weighted by Gasteiger charge is -2.20. The van der Waals surface area contributed by atoms with Crippen molar-refractivity contribution in [2.24, 2.45) is 0 Å². The molecule has 1 saturated heterocycles. The number of nitrogen functional groups attached to an aromatic ring is 1. The van der Waals surface area contributed by atoms with E-state index in [9.17, 15) is 8.42 Å². The summed E-state index contributed by atoms with van der Waals surface area (Å²) in [5.74, 6) is 0. The second-order valence-corrected chi connectivity index (χ2v) is 6.82. The summed E-state index contributed by atoms with van der Waals surface area (Å²) in [6.45, 7) is 0.966. The van der Waals surface area contributed by atoms with Crippen LogP contribution in [0.3, 0.4) is 0 Å². The van der Waals surface area contributed by atoms with Crippen molar-refractivity contribution >= 4 is 26.6 Å². The summed E-state index contributed by atoms with van der Waals surface area (Å²) < 4.78 is 30.1. The first kappa shape index (κ1) is 12.4. The van der Waals surface area contributed by atoms with E-state index in [1.807, 2.05) is 0 Å². The molecule has 3 N–H and O–H groups in total. The maximum Gasteiger partial charge on any atom is 0.226 e. The van der Waals surface area contributed by atoms with Crippen LogP contribution in [0, 0.1) is 0 Å². The van der Waals surface area contributed by atoms with Gasteiger partial charge in [0.05, 0.1) is 16.3 Å². The van der Waals surface area contributed by atoms with Gasteiger partial charge in [-0.15, -0.1) is 0 Å². The van der Waals surface area contributed by atoms with Crippen LogP contribution in [-0.2, 0) is 14.6 Å². The van der Waals surface area contributed by atoms with Gasteiger partial charge in [0.25, 0.3) is 0 Å². The normalized spacial score (nSPS) is 17.9. The molecule has 0 saturated carbocycles. The van der Waals surface area contributed by atoms with Crippen LogP contribution in [0.25, 0.3) is 11.0 Å². The molecular formula is C12H15N3O3S. The maximum atomic E-state index is 12.5. The number of benzene rings is 1. The minimum Gasteiger partial charge on any atom is -0.399 e. The van der Waals surface area contributed by atoms with Crippen molar-refractivity contribution in [1.82, 2.24) is 9.97 Å². The first-order valence-electron chi connectivity index (χ1n) is 6.14. The highest BCUT2D eigenvalue weighted by molar-refractivity contribution is 7.91. The van der Waals surface area contributed by atoms with Gasteiger partial charge >= 0.3 is 0 Å². The summed E-state index contributed by atoms with van der Waals surface area (Å²) in [7, 11) is -3.42. The molecule has 0 atom stereocenters. The van der Waals surface area contributed by atoms with E-state index in [-0.39, 0.29) is 5.16 Å². The molecule has 1 aliphatic heterocycles. The summed E-state index contributed by atoms with van der Waals surface area (Å²) in [4.78, 5) is 7.01. The molecule has 2 aromatic rings. The Balaban J connectivity index is 2.02. The number of ether oxygens (including phenoxy) is 1. The summed E-state index contributed by atoms with van der Waals surface area (Å²) in [6.07, 6.45) is 1.03. The van der Waals surface area contributed by atoms with Gasteiger partial charge in [-0.05, 0) is 31.0 Å². The van der Waals surface area contributed by atoms with E-state index in [0.29, 0.717) is 42.8 Å². The van der Waals surface area contributed by atoms with Crippen LogP contribution in [-0.4, -0.2) is 36.8 Å². The highest BCUT2D eigenvalue weighted by Gasteiger charge is 2.31. The van der Waals surface area contributed by atoms with E-state index < -0.39 is 15.1 Å². The standard InChI is InChI=1S/C12H15N3O3S/c13-8-1-2-10-11(7-8)15-12(14-10)19(16,17)9-3-5-18-6-4-9/h1-2,7,9H,3-6,13H2,(H,14,15). The number of aromatic amines is 1. The molecule has 6 nitrogen and oxygen atoms in total. The monoisotopic (exact) mass is 281 g/mol. The lowest BCUT2D eigenvalue weighted by molar-refractivity contribution is 0.0983. The maximum absolute atomic E-state index is 12.5. The largest absolute Gasteiger partial charge is 0.399 e. The van der Waals surface area contributed by atoms with E-state index in [4.69, 9.17) is 10.5 Å². The number of H-pyrrole nitrogens is 1. The van der Waals surface area contributed by atoms with Gasteiger partial charge in [0.2, 0.25) is 15.0 Å². The summed E-state index contributed by atoms with van der Waals surface area (Å²) in [5.41, 5.74) is 7.50. The molecule has 1 aromatic heterocycles. The number of nitrogens with two attached hydrogens (primary N) is 1. The van der Waals surface area contributed by atoms with E-state index >= 15 is 0 Å². The van der Waals surface area contributed by atoms with Crippen LogP contribution in [0.2, 0.25) is 0 Å². The lowest BCUT2D eigenvalue weighted by Crippen LogP contribution is -2.29. The SMILES string of the molecule is Nc1ccc2nc(S(=O)(=O)C3CCOCC3)[nH]c2c1. The zero-order valence-electron chi connectivity index (χ0n) is 10.3. The second kappa shape index (κ2) is 4.50. The fourth-order valence-corrected chi connectivity index (χ4v) is 3.89. The second-order valence-electron chi connectivity index (χ2n) is 4.68. The van der Waals surface area contributed by atoms with Crippen molar-refractivity contribution < 1.29 is 13.2 Å². The Bertz CT molecular complexity index is 702. The highest BCUT2D eigenvalue weighted by Crippen LogP contribution is 2.24. The number of hydrogen-bond acceptors (Lipinski definition) is 5. The third kappa shape index (κ3) is 2.19. The van der Waals surface area contributed by atoms with Crippen molar-refractivity contribution in [1.29, 1.82) is 0 Å². The highest BCUT2D eigenvalue weighted by atomic mass is 32.2. The van der Waals surface area contributed by atoms with Crippen LogP contribution in [0.1, 0.15) is 12.8 Å². The molecule has 0 amide bonds. The number of nitrogens with one attached hydrogen (secondary N) is 1. The summed E-state index contributed by atoms with van der Waals surface area (Å²) in [6, 6.07) is 5.10. The van der Waals surface area contributed by atoms with Crippen molar-refractivity contribution in [3.63, 3.8) is 0 Å². The van der Waals surface area contributed by atoms with Gasteiger partial charge < -0.3 is 15.5 Å². The average Bonchev–Trinajstić information content (AvgIpc) is 2.83. The molecule has 2 heterocycles. The Morgan fingerprint density at radius 1 is 1.32 bits per heavy atom. The number of anilines is 1. The Labute approximate surface area is 110 Å². The molecule has 0 spiro atoms. The molecule has 0 bridgehead atoms. The van der Waals surface area contributed by atoms with Crippen molar-refractivity contribution in [2.45, 2.75) is 23.2 Å². The fraction of sp³-hybridized carbons (Fsp3) is 0.417. The Hall–Kier alpha value is -1.60. The Morgan fingerprint density at radius 3 is 2.79 bits per heavy atom. The number of sulfone groups is 1. The minimum absolute atomic E-state index is 0.0278. The van der Waals surface area contributed by atoms with E-state index in [0.717, 1.165) is 0 Å². The molecule has 1 fully saturated rings. The smallest absolute Gasteiger partial charge is 0.226 e. The van der Waals surface area contributed by atoms with E-state index in [2.05, 4.69) is 9.97 Å². The third-order valence-electron chi connectivity index (χ3n) is 3.36. The quantitative estimate of drug-likeness (QED) is 0.803. The predicted molar refractivity (Wildman–Crippen MR) is 71.5 cm³/mol. The Kier molecular flexibility index (Phi) is 2.94. The number of aromatic nitrogens is 2. The summed E-state index contributed by atoms with van der Waals surface area (Å²) >= 11 is 0. The van der Waals surface area contributed by atoms with Crippen LogP contribution >= 0.6 is 0 Å². The number of imidazole rings is 1. The van der Waals surface area contributed by atoms with Crippen LogP contribution in [0.15, 0.2) is 23.4 Å². The molecule has 0 aliphatic carbocycles. The zero-order valence-corrected chi connectivity index (χ0v) is 11.1. The zero-order chi connectivity index (χ0) is 13.5. The molecule has 7 heteroatoms. The van der Waals surface area contributed by atoms with Crippen LogP contribution < -0.4 is 5.73 Å². The van der Waals surface area contributed by atoms with Crippen molar-refractivity contribution in [2.75, 3.05) is 18.9 Å². The topological polar surface area (TPSA) is 98.1 Å². The fourth-order valence-electron chi connectivity index (χ4n) is 2.28. The predicted octanol–water partition coefficient (Wildman–Crippen LogP) is 1.10. The van der Waals surface area contributed by atoms with Gasteiger partial charge in [0, 0.05) is 18.9 Å². The van der Waals surface area contributed by atoms with Crippen LogP contribution in [0.4, 0.5) is 5.69 Å². The van der Waals surface area contributed by atoms with Gasteiger partial charge in [-0.25, -0.2) is 13.4 Å². The average molecular weight is 281 g/mol. The van der Waals surface area contributed by atoms with Crippen molar-refractivity contribution in [3.05, 3.63) is 18.2 Å². The van der Waals surface area contributed by atoms with Gasteiger partial charge in [-0.3, -0.25) is 0 Å². The molecular weight excluding hydrogens is 266 g/mol. The number of nitrogens with zero attached hydrogens (tertiary/aromatic N) is 1. The molecule has 1 aliphatic rings. The van der Waals surface area contributed by atoms with E-state index in [1.54, 1.807) is 18.2 Å². The van der Waals surface area contributed by atoms with Gasteiger partial charge in [-0.2, -0.15) is 0 Å². The molecule has 102 valence electrons. The Morgan fingerprint density at radius 2 is 2.05 bits per heavy atom. The molecule has 3 rings (SSSR count). The third-order valence-corrected chi connectivity index (χ3v) is 5.44. The first-order valence-corrected chi connectivity index (χ1v) is 7.69. The van der Waals surface area contributed by atoms with Gasteiger partial charge in [0.15, 0.2) is 0 Å². The number of fused-ring (bicyclic) bond motifs is 1. The van der Waals surface area contributed by atoms with Crippen molar-refractivity contribution in [3.8, 4) is 0 Å². The summed E-state index contributed by atoms with van der Waals surface area (Å²) in [5, 5.41) is -0.390. The van der Waals surface area contributed by atoms with Crippen LogP contribution in [0.5, 0.6) is 0 Å². The molecule has 1 aromatic carbocycles. The lowest BCUT2D eigenvalue weighted by atomic mass is 10.2. The number of hydrogen-bond donors (Lipinski definition) is 2. The van der Waals surface area contributed by atoms with Gasteiger partial charge in [-0.1, -0.05) is 0 Å². The number of rotatable bonds is 2. The minimum atomic E-state index is -3.42. The molecule has 19 heavy (non-hydrogen) atoms. The molecule has 0 unspecified atom stereocenters. The first-order chi connectivity index (χ1) is 9.07. The molecule has 0 radical (unpaired) electrons. The van der Waals surface area contributed by atoms with E-state index in [1.165, 1.54) is 0 Å².